The average molecular weight is 226 g/mol. The SMILES string of the molecule is CN(CCC1CCNC1)CC1CCOCC1. The number of rotatable bonds is 5. The summed E-state index contributed by atoms with van der Waals surface area (Å²) >= 11 is 0. The molecule has 3 nitrogen and oxygen atoms in total. The van der Waals surface area contributed by atoms with Crippen LogP contribution in [0.4, 0.5) is 0 Å². The lowest BCUT2D eigenvalue weighted by Crippen LogP contribution is -2.31. The minimum absolute atomic E-state index is 0.875. The van der Waals surface area contributed by atoms with E-state index in [-0.39, 0.29) is 0 Å². The van der Waals surface area contributed by atoms with Gasteiger partial charge in [0.25, 0.3) is 0 Å². The van der Waals surface area contributed by atoms with Crippen molar-refractivity contribution >= 4 is 0 Å². The van der Waals surface area contributed by atoms with Gasteiger partial charge in [0.2, 0.25) is 0 Å². The van der Waals surface area contributed by atoms with Gasteiger partial charge >= 0.3 is 0 Å². The zero-order chi connectivity index (χ0) is 11.2. The number of nitrogens with one attached hydrogen (secondary N) is 1. The fourth-order valence-electron chi connectivity index (χ4n) is 2.82. The lowest BCUT2D eigenvalue weighted by molar-refractivity contribution is 0.0552. The zero-order valence-electron chi connectivity index (χ0n) is 10.6. The molecule has 2 fully saturated rings. The van der Waals surface area contributed by atoms with Crippen molar-refractivity contribution in [1.29, 1.82) is 0 Å². The molecule has 2 aliphatic rings. The minimum atomic E-state index is 0.875. The number of ether oxygens (including phenoxy) is 1. The molecule has 0 bridgehead atoms. The first-order valence-corrected chi connectivity index (χ1v) is 6.81. The fraction of sp³-hybridized carbons (Fsp3) is 1.00. The Labute approximate surface area is 99.5 Å². The van der Waals surface area contributed by atoms with Crippen LogP contribution in [0.3, 0.4) is 0 Å². The van der Waals surface area contributed by atoms with Crippen LogP contribution in [-0.4, -0.2) is 51.3 Å². The summed E-state index contributed by atoms with van der Waals surface area (Å²) in [5.41, 5.74) is 0. The molecular weight excluding hydrogens is 200 g/mol. The van der Waals surface area contributed by atoms with Crippen LogP contribution in [0.15, 0.2) is 0 Å². The van der Waals surface area contributed by atoms with Crippen molar-refractivity contribution in [2.45, 2.75) is 25.7 Å². The fourth-order valence-corrected chi connectivity index (χ4v) is 2.82. The molecule has 0 saturated carbocycles. The maximum absolute atomic E-state index is 5.40. The summed E-state index contributed by atoms with van der Waals surface area (Å²) in [5.74, 6) is 1.80. The van der Waals surface area contributed by atoms with Crippen LogP contribution in [0.25, 0.3) is 0 Å². The number of hydrogen-bond donors (Lipinski definition) is 1. The smallest absolute Gasteiger partial charge is 0.0469 e. The van der Waals surface area contributed by atoms with Crippen molar-refractivity contribution in [2.24, 2.45) is 11.8 Å². The maximum Gasteiger partial charge on any atom is 0.0469 e. The third-order valence-electron chi connectivity index (χ3n) is 3.99. The molecular formula is C13H26N2O. The molecule has 0 aromatic heterocycles. The molecule has 0 aromatic rings. The Morgan fingerprint density at radius 1 is 1.19 bits per heavy atom. The van der Waals surface area contributed by atoms with Crippen LogP contribution in [0.1, 0.15) is 25.7 Å². The van der Waals surface area contributed by atoms with Gasteiger partial charge in [0.15, 0.2) is 0 Å². The minimum Gasteiger partial charge on any atom is -0.381 e. The molecule has 0 spiro atoms. The molecule has 2 heterocycles. The van der Waals surface area contributed by atoms with E-state index in [9.17, 15) is 0 Å². The van der Waals surface area contributed by atoms with Gasteiger partial charge in [-0.15, -0.1) is 0 Å². The van der Waals surface area contributed by atoms with E-state index < -0.39 is 0 Å². The van der Waals surface area contributed by atoms with Gasteiger partial charge in [-0.2, -0.15) is 0 Å². The molecule has 0 radical (unpaired) electrons. The highest BCUT2D eigenvalue weighted by atomic mass is 16.5. The molecule has 16 heavy (non-hydrogen) atoms. The second-order valence-corrected chi connectivity index (χ2v) is 5.47. The summed E-state index contributed by atoms with van der Waals surface area (Å²) < 4.78 is 5.40. The van der Waals surface area contributed by atoms with Gasteiger partial charge in [-0.1, -0.05) is 0 Å². The molecule has 0 amide bonds. The highest BCUT2D eigenvalue weighted by molar-refractivity contribution is 4.73. The van der Waals surface area contributed by atoms with Crippen LogP contribution in [0.5, 0.6) is 0 Å². The Bertz CT molecular complexity index is 186. The van der Waals surface area contributed by atoms with E-state index >= 15 is 0 Å². The van der Waals surface area contributed by atoms with Crippen molar-refractivity contribution in [3.63, 3.8) is 0 Å². The predicted octanol–water partition coefficient (Wildman–Crippen LogP) is 1.34. The third-order valence-corrected chi connectivity index (χ3v) is 3.99. The first-order valence-electron chi connectivity index (χ1n) is 6.81. The van der Waals surface area contributed by atoms with Crippen LogP contribution in [0, 0.1) is 11.8 Å². The molecule has 1 unspecified atom stereocenters. The van der Waals surface area contributed by atoms with Crippen LogP contribution in [-0.2, 0) is 4.74 Å². The number of hydrogen-bond acceptors (Lipinski definition) is 3. The largest absolute Gasteiger partial charge is 0.381 e. The number of nitrogens with zero attached hydrogens (tertiary/aromatic N) is 1. The molecule has 94 valence electrons. The Hall–Kier alpha value is -0.120. The standard InChI is InChI=1S/C13H26N2O/c1-15(7-3-12-2-6-14-10-12)11-13-4-8-16-9-5-13/h12-14H,2-11H2,1H3. The summed E-state index contributed by atoms with van der Waals surface area (Å²) in [6.07, 6.45) is 5.27. The molecule has 2 aliphatic heterocycles. The summed E-state index contributed by atoms with van der Waals surface area (Å²) in [4.78, 5) is 2.52. The van der Waals surface area contributed by atoms with E-state index in [4.69, 9.17) is 4.74 Å². The molecule has 2 saturated heterocycles. The van der Waals surface area contributed by atoms with Gasteiger partial charge in [-0.25, -0.2) is 0 Å². The monoisotopic (exact) mass is 226 g/mol. The van der Waals surface area contributed by atoms with Crippen LogP contribution in [0.2, 0.25) is 0 Å². The predicted molar refractivity (Wildman–Crippen MR) is 66.6 cm³/mol. The van der Waals surface area contributed by atoms with Gasteiger partial charge in [0.05, 0.1) is 0 Å². The molecule has 3 heteroatoms. The lowest BCUT2D eigenvalue weighted by Gasteiger charge is -2.27. The van der Waals surface area contributed by atoms with E-state index in [1.54, 1.807) is 0 Å². The van der Waals surface area contributed by atoms with Gasteiger partial charge in [-0.05, 0) is 64.2 Å². The van der Waals surface area contributed by atoms with E-state index in [0.717, 1.165) is 25.0 Å². The molecule has 1 atom stereocenters. The Balaban J connectivity index is 1.57. The van der Waals surface area contributed by atoms with E-state index in [2.05, 4.69) is 17.3 Å². The maximum atomic E-state index is 5.40. The Kier molecular flexibility index (Phi) is 5.07. The van der Waals surface area contributed by atoms with Crippen molar-refractivity contribution in [1.82, 2.24) is 10.2 Å². The third kappa shape index (κ3) is 4.04. The topological polar surface area (TPSA) is 24.5 Å². The average Bonchev–Trinajstić information content (AvgIpc) is 2.81. The van der Waals surface area contributed by atoms with E-state index in [0.29, 0.717) is 0 Å². The van der Waals surface area contributed by atoms with Crippen molar-refractivity contribution in [3.8, 4) is 0 Å². The van der Waals surface area contributed by atoms with Gasteiger partial charge in [0.1, 0.15) is 0 Å². The van der Waals surface area contributed by atoms with Crippen LogP contribution < -0.4 is 5.32 Å². The molecule has 0 aromatic carbocycles. The molecule has 0 aliphatic carbocycles. The summed E-state index contributed by atoms with van der Waals surface area (Å²) in [7, 11) is 2.28. The quantitative estimate of drug-likeness (QED) is 0.766. The highest BCUT2D eigenvalue weighted by Gasteiger charge is 2.18. The van der Waals surface area contributed by atoms with Crippen molar-refractivity contribution < 1.29 is 4.74 Å². The Morgan fingerprint density at radius 2 is 2.00 bits per heavy atom. The zero-order valence-corrected chi connectivity index (χ0v) is 10.6. The normalized spacial score (nSPS) is 27.8. The summed E-state index contributed by atoms with van der Waals surface area (Å²) in [6, 6.07) is 0. The first-order chi connectivity index (χ1) is 7.84. The van der Waals surface area contributed by atoms with Gasteiger partial charge in [-0.3, -0.25) is 0 Å². The van der Waals surface area contributed by atoms with E-state index in [1.165, 1.54) is 51.9 Å². The summed E-state index contributed by atoms with van der Waals surface area (Å²) in [6.45, 7) is 6.96. The second-order valence-electron chi connectivity index (χ2n) is 5.47. The van der Waals surface area contributed by atoms with Gasteiger partial charge in [0, 0.05) is 19.8 Å². The second kappa shape index (κ2) is 6.58. The molecule has 2 rings (SSSR count). The first kappa shape index (κ1) is 12.3. The highest BCUT2D eigenvalue weighted by Crippen LogP contribution is 2.17. The van der Waals surface area contributed by atoms with Gasteiger partial charge < -0.3 is 15.0 Å². The lowest BCUT2D eigenvalue weighted by atomic mass is 9.99. The Morgan fingerprint density at radius 3 is 2.69 bits per heavy atom. The van der Waals surface area contributed by atoms with E-state index in [1.807, 2.05) is 0 Å². The van der Waals surface area contributed by atoms with Crippen LogP contribution >= 0.6 is 0 Å². The molecule has 1 N–H and O–H groups in total. The summed E-state index contributed by atoms with van der Waals surface area (Å²) in [5, 5.41) is 3.44. The van der Waals surface area contributed by atoms with Crippen molar-refractivity contribution in [3.05, 3.63) is 0 Å². The van der Waals surface area contributed by atoms with Crippen molar-refractivity contribution in [2.75, 3.05) is 46.4 Å².